The summed E-state index contributed by atoms with van der Waals surface area (Å²) in [7, 11) is 0. The van der Waals surface area contributed by atoms with Crippen LogP contribution in [0.25, 0.3) is 0 Å². The molecule has 0 radical (unpaired) electrons. The van der Waals surface area contributed by atoms with Crippen molar-refractivity contribution >= 4 is 17.2 Å². The Balaban J connectivity index is 2.27. The number of carbonyl (C=O) groups is 1. The van der Waals surface area contributed by atoms with Gasteiger partial charge in [0.25, 0.3) is 5.91 Å². The fourth-order valence-electron chi connectivity index (χ4n) is 1.64. The van der Waals surface area contributed by atoms with Crippen LogP contribution >= 0.6 is 11.3 Å². The molecule has 1 N–H and O–H groups in total. The van der Waals surface area contributed by atoms with E-state index in [2.05, 4.69) is 10.3 Å². The molecule has 0 bridgehead atoms. The molecule has 0 aliphatic heterocycles. The third-order valence-corrected chi connectivity index (χ3v) is 3.77. The van der Waals surface area contributed by atoms with E-state index in [0.29, 0.717) is 11.1 Å². The first-order valence-electron chi connectivity index (χ1n) is 5.69. The minimum Gasteiger partial charge on any atom is -0.341 e. The molecule has 1 aromatic heterocycles. The molecule has 3 nitrogen and oxygen atoms in total. The smallest absolute Gasteiger partial charge is 0.255 e. The maximum atomic E-state index is 13.5. The second-order valence-corrected chi connectivity index (χ2v) is 5.53. The Morgan fingerprint density at radius 1 is 1.25 bits per heavy atom. The molecule has 2 aromatic rings. The van der Waals surface area contributed by atoms with Crippen LogP contribution in [0.15, 0.2) is 23.7 Å². The molecule has 106 valence electrons. The highest BCUT2D eigenvalue weighted by Gasteiger charge is 2.28. The number of nitrogens with one attached hydrogen (secondary N) is 1. The molecule has 0 saturated carbocycles. The molecular weight excluding hydrogens is 289 g/mol. The molecule has 0 fully saturated rings. The number of benzene rings is 1. The monoisotopic (exact) mass is 300 g/mol. The van der Waals surface area contributed by atoms with E-state index in [9.17, 15) is 18.0 Å². The van der Waals surface area contributed by atoms with E-state index >= 15 is 0 Å². The third-order valence-electron chi connectivity index (χ3n) is 2.67. The van der Waals surface area contributed by atoms with Gasteiger partial charge < -0.3 is 5.32 Å². The van der Waals surface area contributed by atoms with E-state index in [0.717, 1.165) is 6.07 Å². The Labute approximate surface area is 117 Å². The highest BCUT2D eigenvalue weighted by molar-refractivity contribution is 7.09. The van der Waals surface area contributed by atoms with Crippen LogP contribution in [0.1, 0.15) is 29.2 Å². The lowest BCUT2D eigenvalue weighted by atomic mass is 10.1. The summed E-state index contributed by atoms with van der Waals surface area (Å²) in [5.41, 5.74) is -1.39. The van der Waals surface area contributed by atoms with Crippen molar-refractivity contribution < 1.29 is 18.0 Å². The van der Waals surface area contributed by atoms with Gasteiger partial charge >= 0.3 is 0 Å². The van der Waals surface area contributed by atoms with Crippen molar-refractivity contribution in [2.45, 2.75) is 19.4 Å². The number of thiazole rings is 1. The van der Waals surface area contributed by atoms with Gasteiger partial charge in [-0.3, -0.25) is 4.79 Å². The zero-order chi connectivity index (χ0) is 14.9. The van der Waals surface area contributed by atoms with E-state index in [1.54, 1.807) is 25.4 Å². The molecule has 20 heavy (non-hydrogen) atoms. The number of halogens is 3. The van der Waals surface area contributed by atoms with Crippen LogP contribution < -0.4 is 5.32 Å². The van der Waals surface area contributed by atoms with Crippen molar-refractivity contribution in [3.8, 4) is 0 Å². The van der Waals surface area contributed by atoms with Gasteiger partial charge in [-0.25, -0.2) is 18.2 Å². The summed E-state index contributed by atoms with van der Waals surface area (Å²) in [6, 6.07) is 1.62. The highest BCUT2D eigenvalue weighted by Crippen LogP contribution is 2.23. The van der Waals surface area contributed by atoms with Crippen molar-refractivity contribution in [3.63, 3.8) is 0 Å². The van der Waals surface area contributed by atoms with Crippen LogP contribution in [-0.4, -0.2) is 10.9 Å². The average molecular weight is 300 g/mol. The van der Waals surface area contributed by atoms with Crippen LogP contribution in [0, 0.1) is 17.5 Å². The fourth-order valence-corrected chi connectivity index (χ4v) is 2.36. The molecule has 1 aromatic carbocycles. The van der Waals surface area contributed by atoms with E-state index < -0.39 is 34.5 Å². The van der Waals surface area contributed by atoms with Crippen molar-refractivity contribution in [3.05, 3.63) is 51.7 Å². The summed E-state index contributed by atoms with van der Waals surface area (Å²) in [4.78, 5) is 16.0. The Kier molecular flexibility index (Phi) is 3.80. The molecule has 0 spiro atoms. The largest absolute Gasteiger partial charge is 0.341 e. The van der Waals surface area contributed by atoms with Gasteiger partial charge in [0.05, 0.1) is 11.1 Å². The summed E-state index contributed by atoms with van der Waals surface area (Å²) in [6.07, 6.45) is 1.58. The van der Waals surface area contributed by atoms with Crippen molar-refractivity contribution in [1.29, 1.82) is 0 Å². The van der Waals surface area contributed by atoms with Gasteiger partial charge in [-0.05, 0) is 26.0 Å². The van der Waals surface area contributed by atoms with Gasteiger partial charge in [0.15, 0.2) is 17.5 Å². The van der Waals surface area contributed by atoms with Gasteiger partial charge in [-0.15, -0.1) is 11.3 Å². The molecule has 1 heterocycles. The number of carbonyl (C=O) groups excluding carboxylic acids is 1. The topological polar surface area (TPSA) is 42.0 Å². The summed E-state index contributed by atoms with van der Waals surface area (Å²) >= 11 is 1.32. The highest BCUT2D eigenvalue weighted by atomic mass is 32.1. The fraction of sp³-hybridized carbons (Fsp3) is 0.231. The second-order valence-electron chi connectivity index (χ2n) is 4.64. The van der Waals surface area contributed by atoms with E-state index in [4.69, 9.17) is 0 Å². The Bertz CT molecular complexity index is 641. The molecule has 1 amide bonds. The van der Waals surface area contributed by atoms with Gasteiger partial charge in [0, 0.05) is 11.6 Å². The van der Waals surface area contributed by atoms with Crippen LogP contribution in [0.2, 0.25) is 0 Å². The minimum atomic E-state index is -1.66. The maximum Gasteiger partial charge on any atom is 0.255 e. The third kappa shape index (κ3) is 2.67. The Hall–Kier alpha value is -1.89. The van der Waals surface area contributed by atoms with Crippen LogP contribution in [0.3, 0.4) is 0 Å². The molecule has 0 aliphatic carbocycles. The molecule has 0 saturated heterocycles. The quantitative estimate of drug-likeness (QED) is 0.884. The average Bonchev–Trinajstić information content (AvgIpc) is 2.90. The Morgan fingerprint density at radius 2 is 1.95 bits per heavy atom. The number of aromatic nitrogens is 1. The molecule has 0 aliphatic rings. The number of hydrogen-bond acceptors (Lipinski definition) is 3. The molecule has 0 unspecified atom stereocenters. The SMILES string of the molecule is CC(C)(NC(=O)c1ccc(F)c(F)c1F)c1nccs1. The first-order valence-corrected chi connectivity index (χ1v) is 6.57. The number of nitrogens with zero attached hydrogens (tertiary/aromatic N) is 1. The zero-order valence-corrected chi connectivity index (χ0v) is 11.5. The summed E-state index contributed by atoms with van der Waals surface area (Å²) in [5, 5.41) is 4.90. The molecule has 0 atom stereocenters. The van der Waals surface area contributed by atoms with Crippen molar-refractivity contribution in [1.82, 2.24) is 10.3 Å². The van der Waals surface area contributed by atoms with Crippen LogP contribution in [0.5, 0.6) is 0 Å². The minimum absolute atomic E-state index is 0.548. The lowest BCUT2D eigenvalue weighted by Gasteiger charge is -2.24. The van der Waals surface area contributed by atoms with Gasteiger partial charge in [0.1, 0.15) is 5.01 Å². The Morgan fingerprint density at radius 3 is 2.55 bits per heavy atom. The first kappa shape index (κ1) is 14.5. The second kappa shape index (κ2) is 5.24. The summed E-state index contributed by atoms with van der Waals surface area (Å²) < 4.78 is 39.5. The number of amides is 1. The van der Waals surface area contributed by atoms with Gasteiger partial charge in [-0.1, -0.05) is 0 Å². The molecular formula is C13H11F3N2OS. The number of hydrogen-bond donors (Lipinski definition) is 1. The van der Waals surface area contributed by atoms with Gasteiger partial charge in [-0.2, -0.15) is 0 Å². The summed E-state index contributed by atoms with van der Waals surface area (Å²) in [6.45, 7) is 3.36. The molecule has 7 heteroatoms. The lowest BCUT2D eigenvalue weighted by molar-refractivity contribution is 0.0906. The standard InChI is InChI=1S/C13H11F3N2OS/c1-13(2,12-17-5-6-20-12)18-11(19)7-3-4-8(14)10(16)9(7)15/h3-6H,1-2H3,(H,18,19). The first-order chi connectivity index (χ1) is 9.33. The number of rotatable bonds is 3. The molecule has 2 rings (SSSR count). The van der Waals surface area contributed by atoms with Crippen molar-refractivity contribution in [2.75, 3.05) is 0 Å². The lowest BCUT2D eigenvalue weighted by Crippen LogP contribution is -2.41. The van der Waals surface area contributed by atoms with E-state index in [-0.39, 0.29) is 0 Å². The van der Waals surface area contributed by atoms with E-state index in [1.165, 1.54) is 11.3 Å². The van der Waals surface area contributed by atoms with Crippen molar-refractivity contribution in [2.24, 2.45) is 0 Å². The maximum absolute atomic E-state index is 13.5. The predicted molar refractivity (Wildman–Crippen MR) is 68.9 cm³/mol. The summed E-state index contributed by atoms with van der Waals surface area (Å²) in [5.74, 6) is -5.33. The normalized spacial score (nSPS) is 11.4. The zero-order valence-electron chi connectivity index (χ0n) is 10.7. The van der Waals surface area contributed by atoms with Gasteiger partial charge in [0.2, 0.25) is 0 Å². The van der Waals surface area contributed by atoms with Crippen LogP contribution in [-0.2, 0) is 5.54 Å². The predicted octanol–water partition coefficient (Wildman–Crippen LogP) is 3.23. The van der Waals surface area contributed by atoms with Crippen LogP contribution in [0.4, 0.5) is 13.2 Å². The van der Waals surface area contributed by atoms with E-state index in [1.807, 2.05) is 0 Å².